The van der Waals surface area contributed by atoms with Crippen LogP contribution in [0.5, 0.6) is 0 Å². The number of H-pyrrole nitrogens is 1. The van der Waals surface area contributed by atoms with Gasteiger partial charge in [0.15, 0.2) is 0 Å². The van der Waals surface area contributed by atoms with Crippen LogP contribution in [0.1, 0.15) is 20.8 Å². The van der Waals surface area contributed by atoms with Gasteiger partial charge in [-0.1, -0.05) is 5.16 Å². The molecular weight excluding hydrogens is 328 g/mol. The molecule has 20 heavy (non-hydrogen) atoms. The molecule has 10 heteroatoms. The second-order valence-corrected chi connectivity index (χ2v) is 5.89. The standard InChI is InChI=1S/C10H11BrN8O/c1-10(2,3)19-16-8(15-18-19)9-13-7(17-20-9)5-4-12-14-6(5)11/h4H,1-3H3,(H,12,14). The summed E-state index contributed by atoms with van der Waals surface area (Å²) in [7, 11) is 0. The molecular formula is C10H11BrN8O. The quantitative estimate of drug-likeness (QED) is 0.755. The zero-order valence-corrected chi connectivity index (χ0v) is 12.6. The van der Waals surface area contributed by atoms with E-state index in [-0.39, 0.29) is 11.4 Å². The lowest BCUT2D eigenvalue weighted by atomic mass is 10.1. The Morgan fingerprint density at radius 2 is 2.10 bits per heavy atom. The third kappa shape index (κ3) is 2.22. The number of aromatic nitrogens is 8. The van der Waals surface area contributed by atoms with E-state index in [4.69, 9.17) is 4.52 Å². The normalized spacial score (nSPS) is 12.0. The lowest BCUT2D eigenvalue weighted by Crippen LogP contribution is -2.24. The third-order valence-corrected chi connectivity index (χ3v) is 3.07. The van der Waals surface area contributed by atoms with Gasteiger partial charge in [0.1, 0.15) is 4.60 Å². The molecule has 0 atom stereocenters. The first-order valence-corrected chi connectivity index (χ1v) is 6.58. The van der Waals surface area contributed by atoms with Crippen molar-refractivity contribution in [1.29, 1.82) is 0 Å². The molecule has 0 radical (unpaired) electrons. The highest BCUT2D eigenvalue weighted by atomic mass is 79.9. The summed E-state index contributed by atoms with van der Waals surface area (Å²) in [5, 5.41) is 22.6. The maximum atomic E-state index is 5.15. The zero-order chi connectivity index (χ0) is 14.3. The number of halogens is 1. The summed E-state index contributed by atoms with van der Waals surface area (Å²) in [5.74, 6) is 0.898. The van der Waals surface area contributed by atoms with Gasteiger partial charge in [-0.2, -0.15) is 14.9 Å². The van der Waals surface area contributed by atoms with Crippen molar-refractivity contribution in [1.82, 2.24) is 40.5 Å². The Morgan fingerprint density at radius 3 is 2.70 bits per heavy atom. The highest BCUT2D eigenvalue weighted by molar-refractivity contribution is 9.10. The molecule has 1 N–H and O–H groups in total. The van der Waals surface area contributed by atoms with Crippen LogP contribution in [-0.4, -0.2) is 40.5 Å². The smallest absolute Gasteiger partial charge is 0.299 e. The highest BCUT2D eigenvalue weighted by Crippen LogP contribution is 2.25. The third-order valence-electron chi connectivity index (χ3n) is 2.46. The summed E-state index contributed by atoms with van der Waals surface area (Å²) < 4.78 is 5.83. The van der Waals surface area contributed by atoms with Crippen LogP contribution in [0.3, 0.4) is 0 Å². The van der Waals surface area contributed by atoms with E-state index in [1.807, 2.05) is 20.8 Å². The first kappa shape index (κ1) is 12.9. The predicted molar refractivity (Wildman–Crippen MR) is 71.4 cm³/mol. The summed E-state index contributed by atoms with van der Waals surface area (Å²) in [6, 6.07) is 0. The Bertz CT molecular complexity index is 736. The molecule has 0 aromatic carbocycles. The lowest BCUT2D eigenvalue weighted by Gasteiger charge is -2.14. The van der Waals surface area contributed by atoms with Gasteiger partial charge in [-0.25, -0.2) is 0 Å². The van der Waals surface area contributed by atoms with E-state index in [1.165, 1.54) is 4.80 Å². The van der Waals surface area contributed by atoms with Crippen LogP contribution in [0.2, 0.25) is 0 Å². The first-order valence-electron chi connectivity index (χ1n) is 5.79. The fraction of sp³-hybridized carbons (Fsp3) is 0.400. The van der Waals surface area contributed by atoms with Crippen LogP contribution < -0.4 is 0 Å². The number of nitrogens with one attached hydrogen (secondary N) is 1. The molecule has 3 heterocycles. The average molecular weight is 339 g/mol. The first-order chi connectivity index (χ1) is 9.45. The molecule has 0 fully saturated rings. The fourth-order valence-electron chi connectivity index (χ4n) is 1.43. The summed E-state index contributed by atoms with van der Waals surface area (Å²) >= 11 is 3.31. The molecule has 0 saturated carbocycles. The molecule has 3 aromatic heterocycles. The number of hydrogen-bond acceptors (Lipinski definition) is 7. The van der Waals surface area contributed by atoms with Crippen LogP contribution in [0.25, 0.3) is 23.1 Å². The van der Waals surface area contributed by atoms with Crippen LogP contribution in [0.15, 0.2) is 15.3 Å². The molecule has 0 unspecified atom stereocenters. The van der Waals surface area contributed by atoms with E-state index >= 15 is 0 Å². The average Bonchev–Trinajstić information content (AvgIpc) is 3.05. The number of aromatic amines is 1. The van der Waals surface area contributed by atoms with E-state index in [9.17, 15) is 0 Å². The Morgan fingerprint density at radius 1 is 1.30 bits per heavy atom. The minimum Gasteiger partial charge on any atom is -0.330 e. The van der Waals surface area contributed by atoms with E-state index in [0.29, 0.717) is 21.8 Å². The molecule has 0 saturated heterocycles. The van der Waals surface area contributed by atoms with Crippen molar-refractivity contribution in [2.45, 2.75) is 26.3 Å². The number of hydrogen-bond donors (Lipinski definition) is 1. The molecule has 0 aliphatic rings. The largest absolute Gasteiger partial charge is 0.330 e. The maximum Gasteiger partial charge on any atom is 0.299 e. The highest BCUT2D eigenvalue weighted by Gasteiger charge is 2.21. The van der Waals surface area contributed by atoms with E-state index in [0.717, 1.165) is 0 Å². The van der Waals surface area contributed by atoms with Crippen molar-refractivity contribution in [2.75, 3.05) is 0 Å². The Labute approximate surface area is 121 Å². The molecule has 0 bridgehead atoms. The van der Waals surface area contributed by atoms with Gasteiger partial charge in [-0.3, -0.25) is 5.10 Å². The van der Waals surface area contributed by atoms with E-state index < -0.39 is 0 Å². The maximum absolute atomic E-state index is 5.15. The number of tetrazole rings is 1. The van der Waals surface area contributed by atoms with E-state index in [1.54, 1.807) is 6.20 Å². The Hall–Kier alpha value is -2.10. The van der Waals surface area contributed by atoms with Crippen molar-refractivity contribution in [2.24, 2.45) is 0 Å². The predicted octanol–water partition coefficient (Wildman–Crippen LogP) is 1.63. The molecule has 0 aliphatic heterocycles. The minimum absolute atomic E-state index is 0.212. The van der Waals surface area contributed by atoms with Gasteiger partial charge in [0, 0.05) is 0 Å². The summed E-state index contributed by atoms with van der Waals surface area (Å²) in [5.41, 5.74) is 0.435. The molecule has 9 nitrogen and oxygen atoms in total. The monoisotopic (exact) mass is 338 g/mol. The van der Waals surface area contributed by atoms with Crippen LogP contribution in [0.4, 0.5) is 0 Å². The van der Waals surface area contributed by atoms with Crippen molar-refractivity contribution >= 4 is 15.9 Å². The second-order valence-electron chi connectivity index (χ2n) is 5.09. The van der Waals surface area contributed by atoms with E-state index in [2.05, 4.69) is 51.7 Å². The SMILES string of the molecule is CC(C)(C)n1nnc(-c2nc(-c3cn[nH]c3Br)no2)n1. The topological polar surface area (TPSA) is 111 Å². The van der Waals surface area contributed by atoms with Gasteiger partial charge in [0.2, 0.25) is 5.82 Å². The minimum atomic E-state index is -0.262. The second kappa shape index (κ2) is 4.47. The fourth-order valence-corrected chi connectivity index (χ4v) is 1.82. The van der Waals surface area contributed by atoms with Crippen LogP contribution >= 0.6 is 15.9 Å². The van der Waals surface area contributed by atoms with Crippen molar-refractivity contribution in [3.05, 3.63) is 10.8 Å². The van der Waals surface area contributed by atoms with Gasteiger partial charge in [0.05, 0.1) is 17.3 Å². The van der Waals surface area contributed by atoms with Gasteiger partial charge >= 0.3 is 0 Å². The zero-order valence-electron chi connectivity index (χ0n) is 11.0. The molecule has 0 spiro atoms. The van der Waals surface area contributed by atoms with Gasteiger partial charge in [-0.05, 0) is 41.9 Å². The molecule has 3 rings (SSSR count). The lowest BCUT2D eigenvalue weighted by molar-refractivity contribution is 0.306. The summed E-state index contributed by atoms with van der Waals surface area (Å²) in [4.78, 5) is 5.73. The molecule has 3 aromatic rings. The molecule has 0 amide bonds. The van der Waals surface area contributed by atoms with Crippen molar-refractivity contribution < 1.29 is 4.52 Å². The van der Waals surface area contributed by atoms with Crippen LogP contribution in [-0.2, 0) is 5.54 Å². The van der Waals surface area contributed by atoms with Gasteiger partial charge < -0.3 is 4.52 Å². The summed E-state index contributed by atoms with van der Waals surface area (Å²) in [6.45, 7) is 5.92. The van der Waals surface area contributed by atoms with Crippen molar-refractivity contribution in [3.8, 4) is 23.1 Å². The Kier molecular flexibility index (Phi) is 2.89. The summed E-state index contributed by atoms with van der Waals surface area (Å²) in [6.07, 6.45) is 1.60. The Balaban J connectivity index is 1.95. The molecule has 104 valence electrons. The molecule has 0 aliphatic carbocycles. The number of rotatable bonds is 2. The van der Waals surface area contributed by atoms with Crippen molar-refractivity contribution in [3.63, 3.8) is 0 Å². The van der Waals surface area contributed by atoms with Gasteiger partial charge in [0.25, 0.3) is 11.7 Å². The van der Waals surface area contributed by atoms with Crippen LogP contribution in [0, 0.1) is 0 Å². The van der Waals surface area contributed by atoms with Gasteiger partial charge in [-0.15, -0.1) is 10.2 Å². The number of nitrogens with zero attached hydrogens (tertiary/aromatic N) is 7.